The average Bonchev–Trinajstić information content (AvgIpc) is 2.13. The van der Waals surface area contributed by atoms with Gasteiger partial charge in [-0.05, 0) is 20.8 Å². The summed E-state index contributed by atoms with van der Waals surface area (Å²) in [5, 5.41) is 21.3. The lowest BCUT2D eigenvalue weighted by atomic mass is 10.1. The Hall–Kier alpha value is -0.160. The summed E-state index contributed by atoms with van der Waals surface area (Å²) in [5.74, 6) is 0. The highest BCUT2D eigenvalue weighted by molar-refractivity contribution is 4.78. The smallest absolute Gasteiger partial charge is 0.0972 e. The lowest BCUT2D eigenvalue weighted by molar-refractivity contribution is -0.00459. The second kappa shape index (κ2) is 5.54. The van der Waals surface area contributed by atoms with Crippen LogP contribution in [0.4, 0.5) is 0 Å². The minimum absolute atomic E-state index is 0.0921. The van der Waals surface area contributed by atoms with Crippen LogP contribution in [0.15, 0.2) is 0 Å². The van der Waals surface area contributed by atoms with Crippen molar-refractivity contribution in [3.05, 3.63) is 0 Å². The van der Waals surface area contributed by atoms with E-state index in [1.807, 2.05) is 13.8 Å². The van der Waals surface area contributed by atoms with E-state index in [-0.39, 0.29) is 18.8 Å². The fourth-order valence-electron chi connectivity index (χ4n) is 0.807. The van der Waals surface area contributed by atoms with E-state index in [4.69, 9.17) is 9.84 Å². The van der Waals surface area contributed by atoms with Crippen LogP contribution in [0.3, 0.4) is 0 Å². The molecule has 4 heteroatoms. The summed E-state index contributed by atoms with van der Waals surface area (Å²) < 4.78 is 5.10. The van der Waals surface area contributed by atoms with E-state index in [1.54, 1.807) is 14.0 Å². The van der Waals surface area contributed by atoms with Crippen LogP contribution in [-0.4, -0.2) is 48.2 Å². The topological polar surface area (TPSA) is 61.7 Å². The first-order valence-corrected chi connectivity index (χ1v) is 4.52. The quantitative estimate of drug-likeness (QED) is 0.541. The van der Waals surface area contributed by atoms with Gasteiger partial charge in [0, 0.05) is 19.7 Å². The van der Waals surface area contributed by atoms with Gasteiger partial charge < -0.3 is 20.3 Å². The molecule has 80 valence electrons. The minimum atomic E-state index is -1.05. The molecule has 13 heavy (non-hydrogen) atoms. The zero-order valence-corrected chi connectivity index (χ0v) is 8.87. The van der Waals surface area contributed by atoms with E-state index in [0.717, 1.165) is 0 Å². The molecule has 0 saturated carbocycles. The highest BCUT2D eigenvalue weighted by Gasteiger charge is 2.20. The van der Waals surface area contributed by atoms with E-state index < -0.39 is 5.60 Å². The van der Waals surface area contributed by atoms with Crippen LogP contribution in [0.2, 0.25) is 0 Å². The Morgan fingerprint density at radius 2 is 2.00 bits per heavy atom. The Morgan fingerprint density at radius 1 is 1.46 bits per heavy atom. The van der Waals surface area contributed by atoms with Gasteiger partial charge in [0.2, 0.25) is 0 Å². The molecule has 0 aromatic carbocycles. The number of aliphatic hydroxyl groups is 2. The van der Waals surface area contributed by atoms with Crippen LogP contribution in [0.25, 0.3) is 0 Å². The van der Waals surface area contributed by atoms with Crippen molar-refractivity contribution in [2.24, 2.45) is 0 Å². The predicted octanol–water partition coefficient (Wildman–Crippen LogP) is -0.257. The number of hydrogen-bond acceptors (Lipinski definition) is 4. The van der Waals surface area contributed by atoms with Gasteiger partial charge in [-0.1, -0.05) is 0 Å². The van der Waals surface area contributed by atoms with E-state index in [0.29, 0.717) is 6.54 Å². The zero-order chi connectivity index (χ0) is 10.5. The van der Waals surface area contributed by atoms with Gasteiger partial charge in [-0.2, -0.15) is 0 Å². The molecule has 3 unspecified atom stereocenters. The first kappa shape index (κ1) is 12.8. The first-order chi connectivity index (χ1) is 5.93. The molecule has 0 rings (SSSR count). The molecule has 0 aliphatic rings. The summed E-state index contributed by atoms with van der Waals surface area (Å²) in [6.07, 6.45) is 0.0921. The largest absolute Gasteiger partial charge is 0.393 e. The molecule has 0 fully saturated rings. The lowest BCUT2D eigenvalue weighted by Gasteiger charge is -2.26. The van der Waals surface area contributed by atoms with Gasteiger partial charge in [0.25, 0.3) is 0 Å². The number of aliphatic hydroxyl groups excluding tert-OH is 1. The van der Waals surface area contributed by atoms with Crippen molar-refractivity contribution in [2.75, 3.05) is 20.3 Å². The van der Waals surface area contributed by atoms with Gasteiger partial charge in [0.1, 0.15) is 0 Å². The van der Waals surface area contributed by atoms with E-state index in [9.17, 15) is 5.11 Å². The molecule has 0 saturated heterocycles. The second-order valence-electron chi connectivity index (χ2n) is 3.77. The van der Waals surface area contributed by atoms with Crippen molar-refractivity contribution in [2.45, 2.75) is 38.5 Å². The Balaban J connectivity index is 3.75. The van der Waals surface area contributed by atoms with Gasteiger partial charge >= 0.3 is 0 Å². The Kier molecular flexibility index (Phi) is 5.48. The first-order valence-electron chi connectivity index (χ1n) is 4.52. The summed E-state index contributed by atoms with van der Waals surface area (Å²) in [6.45, 7) is 5.63. The molecule has 0 radical (unpaired) electrons. The number of methoxy groups -OCH3 is 1. The fraction of sp³-hybridized carbons (Fsp3) is 1.00. The third-order valence-corrected chi connectivity index (χ3v) is 2.22. The zero-order valence-electron chi connectivity index (χ0n) is 8.87. The summed E-state index contributed by atoms with van der Waals surface area (Å²) in [4.78, 5) is 0. The Labute approximate surface area is 79.9 Å². The van der Waals surface area contributed by atoms with Crippen LogP contribution in [-0.2, 0) is 4.74 Å². The number of rotatable bonds is 6. The van der Waals surface area contributed by atoms with Gasteiger partial charge in [-0.3, -0.25) is 0 Å². The predicted molar refractivity (Wildman–Crippen MR) is 51.6 cm³/mol. The second-order valence-corrected chi connectivity index (χ2v) is 3.77. The van der Waals surface area contributed by atoms with Gasteiger partial charge in [0.15, 0.2) is 0 Å². The van der Waals surface area contributed by atoms with Crippen molar-refractivity contribution in [3.8, 4) is 0 Å². The van der Waals surface area contributed by atoms with Crippen LogP contribution in [0.1, 0.15) is 20.8 Å². The summed E-state index contributed by atoms with van der Waals surface area (Å²) in [5.41, 5.74) is -1.05. The van der Waals surface area contributed by atoms with E-state index in [1.165, 1.54) is 0 Å². The molecule has 0 aliphatic carbocycles. The monoisotopic (exact) mass is 191 g/mol. The SMILES string of the molecule is COC(C)C(C)NCC(C)(O)CO. The maximum absolute atomic E-state index is 9.47. The van der Waals surface area contributed by atoms with Crippen molar-refractivity contribution >= 4 is 0 Å². The molecule has 0 bridgehead atoms. The van der Waals surface area contributed by atoms with Gasteiger partial charge in [0.05, 0.1) is 18.3 Å². The molecule has 3 atom stereocenters. The summed E-state index contributed by atoms with van der Waals surface area (Å²) >= 11 is 0. The maximum Gasteiger partial charge on any atom is 0.0972 e. The molecule has 4 nitrogen and oxygen atoms in total. The maximum atomic E-state index is 9.47. The summed E-state index contributed by atoms with van der Waals surface area (Å²) in [7, 11) is 1.65. The fourth-order valence-corrected chi connectivity index (χ4v) is 0.807. The summed E-state index contributed by atoms with van der Waals surface area (Å²) in [6, 6.07) is 0.156. The average molecular weight is 191 g/mol. The van der Waals surface area contributed by atoms with Crippen molar-refractivity contribution in [1.29, 1.82) is 0 Å². The van der Waals surface area contributed by atoms with Crippen LogP contribution in [0.5, 0.6) is 0 Å². The van der Waals surface area contributed by atoms with Gasteiger partial charge in [-0.15, -0.1) is 0 Å². The van der Waals surface area contributed by atoms with Crippen LogP contribution < -0.4 is 5.32 Å². The van der Waals surface area contributed by atoms with Crippen LogP contribution >= 0.6 is 0 Å². The normalized spacial score (nSPS) is 20.8. The molecule has 0 amide bonds. The molecular formula is C9H21NO3. The van der Waals surface area contributed by atoms with E-state index in [2.05, 4.69) is 5.32 Å². The molecule has 0 heterocycles. The third-order valence-electron chi connectivity index (χ3n) is 2.22. The van der Waals surface area contributed by atoms with E-state index >= 15 is 0 Å². The Bertz CT molecular complexity index is 139. The number of hydrogen-bond donors (Lipinski definition) is 3. The van der Waals surface area contributed by atoms with Crippen molar-refractivity contribution in [3.63, 3.8) is 0 Å². The van der Waals surface area contributed by atoms with Crippen LogP contribution in [0, 0.1) is 0 Å². The van der Waals surface area contributed by atoms with Crippen molar-refractivity contribution < 1.29 is 14.9 Å². The molecule has 0 aromatic heterocycles. The highest BCUT2D eigenvalue weighted by Crippen LogP contribution is 2.02. The standard InChI is InChI=1S/C9H21NO3/c1-7(8(2)13-4)10-5-9(3,12)6-11/h7-8,10-12H,5-6H2,1-4H3. The molecule has 0 aliphatic heterocycles. The molecule has 0 spiro atoms. The molecule has 0 aromatic rings. The van der Waals surface area contributed by atoms with Gasteiger partial charge in [-0.25, -0.2) is 0 Å². The molecule has 3 N–H and O–H groups in total. The number of nitrogens with one attached hydrogen (secondary N) is 1. The third kappa shape index (κ3) is 5.21. The lowest BCUT2D eigenvalue weighted by Crippen LogP contribution is -2.47. The Morgan fingerprint density at radius 3 is 2.38 bits per heavy atom. The number of ether oxygens (including phenoxy) is 1. The molecular weight excluding hydrogens is 170 g/mol. The minimum Gasteiger partial charge on any atom is -0.393 e. The highest BCUT2D eigenvalue weighted by atomic mass is 16.5. The van der Waals surface area contributed by atoms with Crippen molar-refractivity contribution in [1.82, 2.24) is 5.32 Å².